The van der Waals surface area contributed by atoms with Crippen LogP contribution in [0.15, 0.2) is 4.99 Å². The predicted octanol–water partition coefficient (Wildman–Crippen LogP) is 2.19. The highest BCUT2D eigenvalue weighted by Crippen LogP contribution is 2.20. The summed E-state index contributed by atoms with van der Waals surface area (Å²) in [5.41, 5.74) is 0. The van der Waals surface area contributed by atoms with E-state index in [1.165, 1.54) is 32.4 Å². The Kier molecular flexibility index (Phi) is 10.5. The minimum Gasteiger partial charge on any atom is -0.393 e. The SMILES string of the molecule is CCNC(=NCCC1CCN(C)CC1)NC1CCC(O)CC1.I. The molecule has 1 aliphatic heterocycles. The maximum atomic E-state index is 9.59. The van der Waals surface area contributed by atoms with Crippen molar-refractivity contribution in [2.75, 3.05) is 33.2 Å². The molecule has 1 aliphatic carbocycles. The fourth-order valence-electron chi connectivity index (χ4n) is 3.44. The standard InChI is InChI=1S/C17H34N4O.HI/c1-3-18-17(20-15-4-6-16(22)7-5-15)19-11-8-14-9-12-21(2)13-10-14;/h14-16,22H,3-13H2,1-2H3,(H2,18,19,20);1H. The normalized spacial score (nSPS) is 27.3. The van der Waals surface area contributed by atoms with E-state index in [1.807, 2.05) is 0 Å². The number of hydrogen-bond acceptors (Lipinski definition) is 3. The van der Waals surface area contributed by atoms with Crippen LogP contribution in [0.25, 0.3) is 0 Å². The highest BCUT2D eigenvalue weighted by molar-refractivity contribution is 14.0. The van der Waals surface area contributed by atoms with Crippen LogP contribution in [0.4, 0.5) is 0 Å². The number of aliphatic hydroxyl groups is 1. The van der Waals surface area contributed by atoms with Crippen molar-refractivity contribution in [1.29, 1.82) is 0 Å². The van der Waals surface area contributed by atoms with Gasteiger partial charge < -0.3 is 20.6 Å². The summed E-state index contributed by atoms with van der Waals surface area (Å²) in [5.74, 6) is 1.80. The van der Waals surface area contributed by atoms with Gasteiger partial charge in [-0.3, -0.25) is 4.99 Å². The number of guanidine groups is 1. The quantitative estimate of drug-likeness (QED) is 0.350. The summed E-state index contributed by atoms with van der Waals surface area (Å²) >= 11 is 0. The Morgan fingerprint density at radius 1 is 1.13 bits per heavy atom. The van der Waals surface area contributed by atoms with Crippen LogP contribution in [-0.4, -0.2) is 61.3 Å². The van der Waals surface area contributed by atoms with Crippen LogP contribution < -0.4 is 10.6 Å². The number of hydrogen-bond donors (Lipinski definition) is 3. The molecule has 0 amide bonds. The van der Waals surface area contributed by atoms with Gasteiger partial charge in [0.1, 0.15) is 0 Å². The molecule has 1 heterocycles. The lowest BCUT2D eigenvalue weighted by Crippen LogP contribution is -2.45. The number of aliphatic imine (C=N–C) groups is 1. The summed E-state index contributed by atoms with van der Waals surface area (Å²) in [6.07, 6.45) is 7.64. The average molecular weight is 438 g/mol. The van der Waals surface area contributed by atoms with Crippen LogP contribution in [0.2, 0.25) is 0 Å². The first-order valence-electron chi connectivity index (χ1n) is 9.08. The molecule has 0 unspecified atom stereocenters. The molecule has 0 bridgehead atoms. The fraction of sp³-hybridized carbons (Fsp3) is 0.941. The van der Waals surface area contributed by atoms with E-state index >= 15 is 0 Å². The molecule has 0 radical (unpaired) electrons. The Morgan fingerprint density at radius 2 is 1.78 bits per heavy atom. The van der Waals surface area contributed by atoms with Gasteiger partial charge in [0.05, 0.1) is 6.10 Å². The highest BCUT2D eigenvalue weighted by Gasteiger charge is 2.20. The van der Waals surface area contributed by atoms with Crippen molar-refractivity contribution < 1.29 is 5.11 Å². The molecule has 0 spiro atoms. The largest absolute Gasteiger partial charge is 0.393 e. The predicted molar refractivity (Wildman–Crippen MR) is 108 cm³/mol. The first kappa shape index (κ1) is 21.0. The van der Waals surface area contributed by atoms with Crippen LogP contribution in [0.1, 0.15) is 51.9 Å². The second-order valence-corrected chi connectivity index (χ2v) is 6.95. The van der Waals surface area contributed by atoms with Gasteiger partial charge in [-0.15, -0.1) is 24.0 Å². The van der Waals surface area contributed by atoms with E-state index in [0.717, 1.165) is 50.7 Å². The number of likely N-dealkylation sites (tertiary alicyclic amines) is 1. The summed E-state index contributed by atoms with van der Waals surface area (Å²) in [7, 11) is 2.21. The summed E-state index contributed by atoms with van der Waals surface area (Å²) in [5, 5.41) is 16.5. The molecule has 0 atom stereocenters. The van der Waals surface area contributed by atoms with Crippen molar-refractivity contribution in [1.82, 2.24) is 15.5 Å². The van der Waals surface area contributed by atoms with Gasteiger partial charge in [-0.2, -0.15) is 0 Å². The zero-order valence-corrected chi connectivity index (χ0v) is 17.1. The van der Waals surface area contributed by atoms with Crippen LogP contribution in [0.3, 0.4) is 0 Å². The van der Waals surface area contributed by atoms with Gasteiger partial charge in [-0.05, 0) is 77.9 Å². The Balaban J connectivity index is 0.00000264. The minimum atomic E-state index is -0.0954. The Bertz CT molecular complexity index is 337. The molecule has 5 nitrogen and oxygen atoms in total. The molecule has 2 fully saturated rings. The van der Waals surface area contributed by atoms with E-state index in [-0.39, 0.29) is 30.1 Å². The van der Waals surface area contributed by atoms with Gasteiger partial charge in [-0.25, -0.2) is 0 Å². The molecule has 2 aliphatic rings. The van der Waals surface area contributed by atoms with Crippen molar-refractivity contribution >= 4 is 29.9 Å². The molecule has 0 aromatic rings. The highest BCUT2D eigenvalue weighted by atomic mass is 127. The second kappa shape index (κ2) is 11.5. The van der Waals surface area contributed by atoms with E-state index in [2.05, 4.69) is 29.5 Å². The van der Waals surface area contributed by atoms with Crippen molar-refractivity contribution in [3.05, 3.63) is 0 Å². The summed E-state index contributed by atoms with van der Waals surface area (Å²) in [4.78, 5) is 7.18. The van der Waals surface area contributed by atoms with E-state index < -0.39 is 0 Å². The van der Waals surface area contributed by atoms with E-state index in [4.69, 9.17) is 4.99 Å². The van der Waals surface area contributed by atoms with Gasteiger partial charge >= 0.3 is 0 Å². The molecule has 3 N–H and O–H groups in total. The number of aliphatic hydroxyl groups excluding tert-OH is 1. The molecular formula is C17H35IN4O. The lowest BCUT2D eigenvalue weighted by Gasteiger charge is -2.29. The topological polar surface area (TPSA) is 59.9 Å². The van der Waals surface area contributed by atoms with Crippen molar-refractivity contribution in [2.24, 2.45) is 10.9 Å². The third kappa shape index (κ3) is 8.03. The zero-order valence-electron chi connectivity index (χ0n) is 14.8. The monoisotopic (exact) mass is 438 g/mol. The molecule has 0 aromatic carbocycles. The summed E-state index contributed by atoms with van der Waals surface area (Å²) in [6, 6.07) is 0.463. The first-order valence-corrected chi connectivity index (χ1v) is 9.08. The number of piperidine rings is 1. The van der Waals surface area contributed by atoms with E-state index in [9.17, 15) is 5.11 Å². The number of nitrogens with one attached hydrogen (secondary N) is 2. The van der Waals surface area contributed by atoms with E-state index in [1.54, 1.807) is 0 Å². The Morgan fingerprint density at radius 3 is 2.39 bits per heavy atom. The fourth-order valence-corrected chi connectivity index (χ4v) is 3.44. The average Bonchev–Trinajstić information content (AvgIpc) is 2.52. The third-order valence-corrected chi connectivity index (χ3v) is 5.03. The lowest BCUT2D eigenvalue weighted by atomic mass is 9.93. The smallest absolute Gasteiger partial charge is 0.191 e. The zero-order chi connectivity index (χ0) is 15.8. The van der Waals surface area contributed by atoms with Crippen LogP contribution in [-0.2, 0) is 0 Å². The van der Waals surface area contributed by atoms with Gasteiger partial charge in [0, 0.05) is 19.1 Å². The molecular weight excluding hydrogens is 403 g/mol. The molecule has 2 rings (SSSR count). The van der Waals surface area contributed by atoms with Gasteiger partial charge in [0.2, 0.25) is 0 Å². The lowest BCUT2D eigenvalue weighted by molar-refractivity contribution is 0.120. The number of rotatable bonds is 5. The van der Waals surface area contributed by atoms with Crippen LogP contribution in [0.5, 0.6) is 0 Å². The van der Waals surface area contributed by atoms with Crippen molar-refractivity contribution in [3.8, 4) is 0 Å². The van der Waals surface area contributed by atoms with Crippen LogP contribution in [0, 0.1) is 5.92 Å². The van der Waals surface area contributed by atoms with Gasteiger partial charge in [-0.1, -0.05) is 0 Å². The number of nitrogens with zero attached hydrogens (tertiary/aromatic N) is 2. The second-order valence-electron chi connectivity index (χ2n) is 6.95. The van der Waals surface area contributed by atoms with Crippen molar-refractivity contribution in [2.45, 2.75) is 64.0 Å². The molecule has 23 heavy (non-hydrogen) atoms. The van der Waals surface area contributed by atoms with Gasteiger partial charge in [0.15, 0.2) is 5.96 Å². The summed E-state index contributed by atoms with van der Waals surface area (Å²) < 4.78 is 0. The maximum absolute atomic E-state index is 9.59. The van der Waals surface area contributed by atoms with E-state index in [0.29, 0.717) is 6.04 Å². The van der Waals surface area contributed by atoms with Crippen molar-refractivity contribution in [3.63, 3.8) is 0 Å². The molecule has 6 heteroatoms. The molecule has 0 aromatic heterocycles. The summed E-state index contributed by atoms with van der Waals surface area (Å²) in [6.45, 7) is 6.39. The third-order valence-electron chi connectivity index (χ3n) is 5.03. The molecule has 136 valence electrons. The number of halogens is 1. The van der Waals surface area contributed by atoms with Crippen LogP contribution >= 0.6 is 24.0 Å². The maximum Gasteiger partial charge on any atom is 0.191 e. The molecule has 1 saturated heterocycles. The first-order chi connectivity index (χ1) is 10.7. The minimum absolute atomic E-state index is 0. The Hall–Kier alpha value is -0.0800. The molecule has 1 saturated carbocycles. The Labute approximate surface area is 158 Å². The van der Waals surface area contributed by atoms with Gasteiger partial charge in [0.25, 0.3) is 0 Å².